The Labute approximate surface area is 118 Å². The van der Waals surface area contributed by atoms with Gasteiger partial charge in [-0.1, -0.05) is 0 Å². The normalized spacial score (nSPS) is 10.2. The van der Waals surface area contributed by atoms with Gasteiger partial charge in [0.2, 0.25) is 0 Å². The van der Waals surface area contributed by atoms with Crippen LogP contribution in [-0.2, 0) is 6.54 Å². The van der Waals surface area contributed by atoms with Crippen LogP contribution in [0.5, 0.6) is 0 Å². The van der Waals surface area contributed by atoms with E-state index in [2.05, 4.69) is 40.9 Å². The molecule has 17 heavy (non-hydrogen) atoms. The first kappa shape index (κ1) is 12.6. The van der Waals surface area contributed by atoms with Crippen LogP contribution in [0.3, 0.4) is 0 Å². The molecule has 0 radical (unpaired) electrons. The lowest BCUT2D eigenvalue weighted by molar-refractivity contribution is 0.0951. The van der Waals surface area contributed by atoms with Crippen LogP contribution in [0.15, 0.2) is 36.4 Å². The smallest absolute Gasteiger partial charge is 0.251 e. The maximum absolute atomic E-state index is 11.8. The first-order chi connectivity index (χ1) is 8.15. The summed E-state index contributed by atoms with van der Waals surface area (Å²) in [5.74, 6) is -0.0209. The molecular formula is C13H12INOS. The van der Waals surface area contributed by atoms with E-state index in [1.165, 1.54) is 9.75 Å². The lowest BCUT2D eigenvalue weighted by atomic mass is 10.2. The molecule has 1 heterocycles. The van der Waals surface area contributed by atoms with Crippen molar-refractivity contribution in [3.63, 3.8) is 0 Å². The lowest BCUT2D eigenvalue weighted by Gasteiger charge is -2.03. The molecule has 1 aromatic heterocycles. The summed E-state index contributed by atoms with van der Waals surface area (Å²) in [6.07, 6.45) is 0. The van der Waals surface area contributed by atoms with Crippen molar-refractivity contribution in [1.29, 1.82) is 0 Å². The third kappa shape index (κ3) is 3.54. The molecule has 0 aliphatic rings. The van der Waals surface area contributed by atoms with Gasteiger partial charge in [-0.3, -0.25) is 4.79 Å². The molecule has 1 aromatic carbocycles. The van der Waals surface area contributed by atoms with Crippen molar-refractivity contribution >= 4 is 39.8 Å². The highest BCUT2D eigenvalue weighted by atomic mass is 127. The fourth-order valence-corrected chi connectivity index (χ4v) is 2.64. The Balaban J connectivity index is 1.95. The highest BCUT2D eigenvalue weighted by molar-refractivity contribution is 14.1. The minimum atomic E-state index is -0.0209. The van der Waals surface area contributed by atoms with Gasteiger partial charge in [0.05, 0.1) is 6.54 Å². The molecule has 0 spiro atoms. The van der Waals surface area contributed by atoms with Crippen LogP contribution >= 0.6 is 33.9 Å². The second-order valence-corrected chi connectivity index (χ2v) is 6.32. The van der Waals surface area contributed by atoms with E-state index >= 15 is 0 Å². The number of thiophene rings is 1. The van der Waals surface area contributed by atoms with Crippen molar-refractivity contribution in [2.24, 2.45) is 0 Å². The number of hydrogen-bond donors (Lipinski definition) is 1. The SMILES string of the molecule is Cc1ccc(CNC(=O)c2ccc(I)cc2)s1. The number of nitrogens with one attached hydrogen (secondary N) is 1. The first-order valence-corrected chi connectivity index (χ1v) is 7.14. The van der Waals surface area contributed by atoms with E-state index < -0.39 is 0 Å². The molecule has 2 nitrogen and oxygen atoms in total. The van der Waals surface area contributed by atoms with Gasteiger partial charge in [-0.25, -0.2) is 0 Å². The first-order valence-electron chi connectivity index (χ1n) is 5.24. The maximum atomic E-state index is 11.8. The van der Waals surface area contributed by atoms with Crippen LogP contribution in [0.2, 0.25) is 0 Å². The van der Waals surface area contributed by atoms with E-state index in [4.69, 9.17) is 0 Å². The van der Waals surface area contributed by atoms with Crippen LogP contribution in [0.4, 0.5) is 0 Å². The zero-order valence-corrected chi connectivity index (χ0v) is 12.3. The van der Waals surface area contributed by atoms with Gasteiger partial charge in [0.1, 0.15) is 0 Å². The molecule has 1 amide bonds. The van der Waals surface area contributed by atoms with Crippen molar-refractivity contribution < 1.29 is 4.79 Å². The topological polar surface area (TPSA) is 29.1 Å². The Bertz CT molecular complexity index is 518. The summed E-state index contributed by atoms with van der Waals surface area (Å²) < 4.78 is 1.13. The number of carbonyl (C=O) groups is 1. The van der Waals surface area contributed by atoms with Crippen molar-refractivity contribution in [3.05, 3.63) is 55.3 Å². The maximum Gasteiger partial charge on any atom is 0.251 e. The van der Waals surface area contributed by atoms with Gasteiger partial charge in [-0.2, -0.15) is 0 Å². The Morgan fingerprint density at radius 3 is 2.53 bits per heavy atom. The Kier molecular flexibility index (Phi) is 4.17. The van der Waals surface area contributed by atoms with Crippen molar-refractivity contribution in [2.45, 2.75) is 13.5 Å². The van der Waals surface area contributed by atoms with Crippen LogP contribution in [0.1, 0.15) is 20.1 Å². The van der Waals surface area contributed by atoms with Crippen LogP contribution in [0.25, 0.3) is 0 Å². The molecule has 0 aliphatic carbocycles. The molecule has 1 N–H and O–H groups in total. The second-order valence-electron chi connectivity index (χ2n) is 3.70. The van der Waals surface area contributed by atoms with Crippen molar-refractivity contribution in [1.82, 2.24) is 5.32 Å². The fourth-order valence-electron chi connectivity index (χ4n) is 1.45. The average molecular weight is 357 g/mol. The molecule has 0 aliphatic heterocycles. The number of carbonyl (C=O) groups excluding carboxylic acids is 1. The van der Waals surface area contributed by atoms with E-state index in [0.29, 0.717) is 12.1 Å². The molecule has 4 heteroatoms. The lowest BCUT2D eigenvalue weighted by Crippen LogP contribution is -2.22. The summed E-state index contributed by atoms with van der Waals surface area (Å²) in [4.78, 5) is 14.3. The van der Waals surface area contributed by atoms with E-state index in [-0.39, 0.29) is 5.91 Å². The predicted molar refractivity (Wildman–Crippen MR) is 79.4 cm³/mol. The minimum Gasteiger partial charge on any atom is -0.347 e. The summed E-state index contributed by atoms with van der Waals surface area (Å²) in [5, 5.41) is 2.92. The van der Waals surface area contributed by atoms with E-state index in [1.54, 1.807) is 11.3 Å². The highest BCUT2D eigenvalue weighted by Gasteiger charge is 2.05. The standard InChI is InChI=1S/C13H12INOS/c1-9-2-7-12(17-9)8-15-13(16)10-3-5-11(14)6-4-10/h2-7H,8H2,1H3,(H,15,16). The monoisotopic (exact) mass is 357 g/mol. The second kappa shape index (κ2) is 5.64. The predicted octanol–water partition coefficient (Wildman–Crippen LogP) is 3.59. The molecular weight excluding hydrogens is 345 g/mol. The van der Waals surface area contributed by atoms with Gasteiger partial charge in [0, 0.05) is 18.9 Å². The van der Waals surface area contributed by atoms with Crippen molar-refractivity contribution in [2.75, 3.05) is 0 Å². The fraction of sp³-hybridized carbons (Fsp3) is 0.154. The largest absolute Gasteiger partial charge is 0.347 e. The third-order valence-corrected chi connectivity index (χ3v) is 4.05. The van der Waals surface area contributed by atoms with Crippen LogP contribution in [-0.4, -0.2) is 5.91 Å². The summed E-state index contributed by atoms with van der Waals surface area (Å²) >= 11 is 3.93. The van der Waals surface area contributed by atoms with Crippen LogP contribution in [0, 0.1) is 10.5 Å². The van der Waals surface area contributed by atoms with Gasteiger partial charge in [-0.15, -0.1) is 11.3 Å². The van der Waals surface area contributed by atoms with Crippen molar-refractivity contribution in [3.8, 4) is 0 Å². The molecule has 0 bridgehead atoms. The Morgan fingerprint density at radius 1 is 1.24 bits per heavy atom. The molecule has 0 saturated carbocycles. The number of benzene rings is 1. The summed E-state index contributed by atoms with van der Waals surface area (Å²) in [5.41, 5.74) is 0.707. The van der Waals surface area contributed by atoms with Gasteiger partial charge < -0.3 is 5.32 Å². The minimum absolute atomic E-state index is 0.0209. The number of rotatable bonds is 3. The van der Waals surface area contributed by atoms with E-state index in [0.717, 1.165) is 3.57 Å². The quantitative estimate of drug-likeness (QED) is 0.836. The number of hydrogen-bond acceptors (Lipinski definition) is 2. The molecule has 0 atom stereocenters. The average Bonchev–Trinajstić information content (AvgIpc) is 2.73. The van der Waals surface area contributed by atoms with E-state index in [1.807, 2.05) is 30.3 Å². The molecule has 0 fully saturated rings. The summed E-state index contributed by atoms with van der Waals surface area (Å²) in [7, 11) is 0. The third-order valence-electron chi connectivity index (χ3n) is 2.33. The van der Waals surface area contributed by atoms with Gasteiger partial charge in [0.25, 0.3) is 5.91 Å². The molecule has 0 unspecified atom stereocenters. The zero-order chi connectivity index (χ0) is 12.3. The van der Waals surface area contributed by atoms with E-state index in [9.17, 15) is 4.79 Å². The zero-order valence-electron chi connectivity index (χ0n) is 9.37. The molecule has 2 aromatic rings. The van der Waals surface area contributed by atoms with Gasteiger partial charge >= 0.3 is 0 Å². The number of halogens is 1. The summed E-state index contributed by atoms with van der Waals surface area (Å²) in [6, 6.07) is 11.7. The van der Waals surface area contributed by atoms with Gasteiger partial charge in [-0.05, 0) is 65.9 Å². The summed E-state index contributed by atoms with van der Waals surface area (Å²) in [6.45, 7) is 2.67. The highest BCUT2D eigenvalue weighted by Crippen LogP contribution is 2.14. The Morgan fingerprint density at radius 2 is 1.94 bits per heavy atom. The van der Waals surface area contributed by atoms with Crippen LogP contribution < -0.4 is 5.32 Å². The number of amides is 1. The molecule has 0 saturated heterocycles. The van der Waals surface area contributed by atoms with Gasteiger partial charge in [0.15, 0.2) is 0 Å². The molecule has 2 rings (SSSR count). The molecule has 88 valence electrons. The Hall–Kier alpha value is -0.880. The number of aryl methyl sites for hydroxylation is 1.